The number of carbonyl (C=O) groups is 3. The van der Waals surface area contributed by atoms with Gasteiger partial charge in [-0.1, -0.05) is 91.0 Å². The Balaban J connectivity index is 1.22. The van der Waals surface area contributed by atoms with Gasteiger partial charge in [0.15, 0.2) is 5.78 Å². The second kappa shape index (κ2) is 14.5. The van der Waals surface area contributed by atoms with Crippen LogP contribution in [0.1, 0.15) is 45.8 Å². The van der Waals surface area contributed by atoms with E-state index in [-0.39, 0.29) is 24.9 Å². The second-order valence-corrected chi connectivity index (χ2v) is 11.0. The fourth-order valence-corrected chi connectivity index (χ4v) is 5.41. The molecular weight excluding hydrogens is 585 g/mol. The fraction of sp³-hybridized carbons (Fsp3) is 0.286. The first-order valence-electron chi connectivity index (χ1n) is 14.7. The van der Waals surface area contributed by atoms with Crippen molar-refractivity contribution < 1.29 is 37.1 Å². The summed E-state index contributed by atoms with van der Waals surface area (Å²) in [5.74, 6) is -3.71. The minimum Gasteiger partial charge on any atom is -0.372 e. The zero-order valence-corrected chi connectivity index (χ0v) is 24.5. The highest BCUT2D eigenvalue weighted by molar-refractivity contribution is 5.96. The molecule has 0 radical (unpaired) electrons. The van der Waals surface area contributed by atoms with E-state index >= 15 is 0 Å². The number of halogens is 3. The van der Waals surface area contributed by atoms with E-state index < -0.39 is 30.4 Å². The summed E-state index contributed by atoms with van der Waals surface area (Å²) >= 11 is 0. The molecule has 45 heavy (non-hydrogen) atoms. The van der Waals surface area contributed by atoms with Crippen LogP contribution in [0.5, 0.6) is 0 Å². The molecule has 0 spiro atoms. The molecule has 1 heterocycles. The summed E-state index contributed by atoms with van der Waals surface area (Å²) in [4.78, 5) is 41.5. The van der Waals surface area contributed by atoms with Gasteiger partial charge in [0.25, 0.3) is 5.91 Å². The molecule has 10 heteroatoms. The minimum absolute atomic E-state index is 0.0860. The molecule has 0 aromatic heterocycles. The van der Waals surface area contributed by atoms with Gasteiger partial charge in [0.1, 0.15) is 0 Å². The van der Waals surface area contributed by atoms with Crippen molar-refractivity contribution in [2.45, 2.75) is 44.1 Å². The third-order valence-corrected chi connectivity index (χ3v) is 7.81. The number of hydroxylamine groups is 2. The summed E-state index contributed by atoms with van der Waals surface area (Å²) in [5, 5.41) is 6.03. The lowest BCUT2D eigenvalue weighted by Crippen LogP contribution is -2.41. The van der Waals surface area contributed by atoms with E-state index in [1.165, 1.54) is 5.39 Å². The first-order valence-corrected chi connectivity index (χ1v) is 14.7. The standard InChI is InChI=1S/C35H33F3N2O5/c36-35(37,38)34(43)45-40(19-17-31(41)28-7-2-1-3-8-28)33(42)21-24-10-14-27(15-11-24)30-16-18-39-22-32(30)44-23-25-12-13-26-6-4-5-9-29(26)20-25/h1-15,20,30,32,39H,16-19,21-23H2. The van der Waals surface area contributed by atoms with Crippen LogP contribution in [0.25, 0.3) is 10.8 Å². The number of piperidine rings is 1. The number of alkyl halides is 3. The van der Waals surface area contributed by atoms with Crippen LogP contribution in [-0.4, -0.2) is 54.6 Å². The second-order valence-electron chi connectivity index (χ2n) is 11.0. The van der Waals surface area contributed by atoms with Gasteiger partial charge in [0, 0.05) is 24.4 Å². The summed E-state index contributed by atoms with van der Waals surface area (Å²) in [6.45, 7) is 1.44. The van der Waals surface area contributed by atoms with Crippen molar-refractivity contribution in [3.05, 3.63) is 119 Å². The van der Waals surface area contributed by atoms with Gasteiger partial charge in [-0.3, -0.25) is 9.59 Å². The number of rotatable bonds is 10. The molecule has 4 aromatic carbocycles. The van der Waals surface area contributed by atoms with Crippen LogP contribution in [0.2, 0.25) is 0 Å². The average molecular weight is 619 g/mol. The SMILES string of the molecule is O=C(CCN(OC(=O)C(F)(F)F)C(=O)Cc1ccc(C2CCNCC2OCc2ccc3ccccc3c2)cc1)c1ccccc1. The van der Waals surface area contributed by atoms with E-state index in [1.54, 1.807) is 42.5 Å². The Morgan fingerprint density at radius 3 is 2.27 bits per heavy atom. The number of fused-ring (bicyclic) bond motifs is 1. The summed E-state index contributed by atoms with van der Waals surface area (Å²) < 4.78 is 45.2. The van der Waals surface area contributed by atoms with Crippen molar-refractivity contribution in [1.82, 2.24) is 10.4 Å². The van der Waals surface area contributed by atoms with Crippen LogP contribution < -0.4 is 5.32 Å². The third kappa shape index (κ3) is 8.55. The molecule has 5 rings (SSSR count). The number of nitrogens with one attached hydrogen (secondary N) is 1. The van der Waals surface area contributed by atoms with Crippen molar-refractivity contribution in [2.75, 3.05) is 19.6 Å². The molecule has 2 atom stereocenters. The fourth-order valence-electron chi connectivity index (χ4n) is 5.41. The monoisotopic (exact) mass is 618 g/mol. The topological polar surface area (TPSA) is 84.9 Å². The highest BCUT2D eigenvalue weighted by atomic mass is 19.4. The Bertz CT molecular complexity index is 1630. The summed E-state index contributed by atoms with van der Waals surface area (Å²) in [6.07, 6.45) is -5.19. The number of Topliss-reactive ketones (excluding diaryl/α,β-unsaturated/α-hetero) is 1. The highest BCUT2D eigenvalue weighted by Gasteiger charge is 2.43. The van der Waals surface area contributed by atoms with Gasteiger partial charge in [-0.2, -0.15) is 18.2 Å². The lowest BCUT2D eigenvalue weighted by molar-refractivity contribution is -0.236. The molecule has 1 N–H and O–H groups in total. The van der Waals surface area contributed by atoms with E-state index in [0.29, 0.717) is 29.3 Å². The number of ether oxygens (including phenoxy) is 1. The van der Waals surface area contributed by atoms with Gasteiger partial charge in [-0.25, -0.2) is 4.79 Å². The number of nitrogens with zero attached hydrogens (tertiary/aromatic N) is 1. The van der Waals surface area contributed by atoms with Gasteiger partial charge >= 0.3 is 12.1 Å². The Morgan fingerprint density at radius 2 is 1.53 bits per heavy atom. The van der Waals surface area contributed by atoms with Gasteiger partial charge in [-0.15, -0.1) is 0 Å². The number of benzene rings is 4. The van der Waals surface area contributed by atoms with Crippen LogP contribution in [0.4, 0.5) is 13.2 Å². The lowest BCUT2D eigenvalue weighted by Gasteiger charge is -2.32. The average Bonchev–Trinajstić information content (AvgIpc) is 3.05. The number of hydrogen-bond acceptors (Lipinski definition) is 6. The Labute approximate surface area is 258 Å². The molecule has 2 unspecified atom stereocenters. The van der Waals surface area contributed by atoms with Crippen molar-refractivity contribution in [3.63, 3.8) is 0 Å². The van der Waals surface area contributed by atoms with E-state index in [4.69, 9.17) is 4.74 Å². The Hall–Kier alpha value is -4.54. The normalized spacial score (nSPS) is 16.7. The van der Waals surface area contributed by atoms with Crippen LogP contribution in [0.3, 0.4) is 0 Å². The summed E-state index contributed by atoms with van der Waals surface area (Å²) in [7, 11) is 0. The quantitative estimate of drug-likeness (QED) is 0.169. The maximum Gasteiger partial charge on any atom is 0.493 e. The molecular formula is C35H33F3N2O5. The Kier molecular flexibility index (Phi) is 10.3. The molecule has 1 aliphatic rings. The molecule has 0 bridgehead atoms. The molecule has 4 aromatic rings. The predicted octanol–water partition coefficient (Wildman–Crippen LogP) is 6.17. The Morgan fingerprint density at radius 1 is 0.844 bits per heavy atom. The van der Waals surface area contributed by atoms with Crippen LogP contribution in [-0.2, 0) is 32.2 Å². The first-order chi connectivity index (χ1) is 21.7. The van der Waals surface area contributed by atoms with Gasteiger partial charge in [-0.05, 0) is 46.5 Å². The lowest BCUT2D eigenvalue weighted by atomic mass is 9.87. The highest BCUT2D eigenvalue weighted by Crippen LogP contribution is 2.29. The minimum atomic E-state index is -5.30. The molecule has 7 nitrogen and oxygen atoms in total. The van der Waals surface area contributed by atoms with Gasteiger partial charge in [0.05, 0.1) is 25.7 Å². The molecule has 234 valence electrons. The molecule has 0 saturated carbocycles. The van der Waals surface area contributed by atoms with Crippen molar-refractivity contribution >= 4 is 28.4 Å². The van der Waals surface area contributed by atoms with Crippen molar-refractivity contribution in [3.8, 4) is 0 Å². The number of ketones is 1. The van der Waals surface area contributed by atoms with E-state index in [2.05, 4.69) is 40.5 Å². The summed E-state index contributed by atoms with van der Waals surface area (Å²) in [6, 6.07) is 29.8. The maximum absolute atomic E-state index is 13.0. The van der Waals surface area contributed by atoms with E-state index in [9.17, 15) is 27.6 Å². The first kappa shape index (κ1) is 31.9. The van der Waals surface area contributed by atoms with E-state index in [1.807, 2.05) is 24.3 Å². The van der Waals surface area contributed by atoms with Crippen LogP contribution in [0.15, 0.2) is 97.1 Å². The zero-order chi connectivity index (χ0) is 31.8. The molecule has 1 aliphatic heterocycles. The number of hydrogen-bond donors (Lipinski definition) is 1. The van der Waals surface area contributed by atoms with Crippen LogP contribution >= 0.6 is 0 Å². The molecule has 0 aliphatic carbocycles. The smallest absolute Gasteiger partial charge is 0.372 e. The maximum atomic E-state index is 13.0. The zero-order valence-electron chi connectivity index (χ0n) is 24.5. The molecule has 1 saturated heterocycles. The largest absolute Gasteiger partial charge is 0.493 e. The van der Waals surface area contributed by atoms with Crippen LogP contribution in [0, 0.1) is 0 Å². The third-order valence-electron chi connectivity index (χ3n) is 7.81. The van der Waals surface area contributed by atoms with Gasteiger partial charge < -0.3 is 14.9 Å². The number of amides is 1. The van der Waals surface area contributed by atoms with Gasteiger partial charge in [0.2, 0.25) is 0 Å². The summed E-state index contributed by atoms with van der Waals surface area (Å²) in [5.41, 5.74) is 2.95. The van der Waals surface area contributed by atoms with Crippen molar-refractivity contribution in [1.29, 1.82) is 0 Å². The van der Waals surface area contributed by atoms with E-state index in [0.717, 1.165) is 29.5 Å². The molecule has 1 amide bonds. The van der Waals surface area contributed by atoms with Crippen molar-refractivity contribution in [2.24, 2.45) is 0 Å². The predicted molar refractivity (Wildman–Crippen MR) is 162 cm³/mol. The number of carbonyl (C=O) groups excluding carboxylic acids is 3. The molecule has 1 fully saturated rings.